The number of hydrogen-bond acceptors (Lipinski definition) is 5. The third-order valence-corrected chi connectivity index (χ3v) is 3.34. The summed E-state index contributed by atoms with van der Waals surface area (Å²) >= 11 is 0. The summed E-state index contributed by atoms with van der Waals surface area (Å²) in [6.07, 6.45) is 0. The van der Waals surface area contributed by atoms with Gasteiger partial charge < -0.3 is 14.5 Å². The zero-order valence-corrected chi connectivity index (χ0v) is 14.1. The Labute approximate surface area is 132 Å². The average Bonchev–Trinajstić information content (AvgIpc) is 2.46. The lowest BCUT2D eigenvalue weighted by atomic mass is 10.2. The van der Waals surface area contributed by atoms with Crippen molar-refractivity contribution < 1.29 is 4.74 Å². The molecule has 0 aliphatic rings. The maximum atomic E-state index is 5.29. The lowest BCUT2D eigenvalue weighted by molar-refractivity contribution is 0.415. The van der Waals surface area contributed by atoms with Crippen molar-refractivity contribution in [1.29, 1.82) is 0 Å². The SMILES string of the molecule is CCN(CC)c1nc(N(C)C)c2ccc(OC)cc2n1.Cl. The zero-order valence-electron chi connectivity index (χ0n) is 13.3. The van der Waals surface area contributed by atoms with E-state index in [-0.39, 0.29) is 12.4 Å². The van der Waals surface area contributed by atoms with Crippen molar-refractivity contribution in [3.8, 4) is 5.75 Å². The molecule has 2 aromatic rings. The molecule has 0 saturated carbocycles. The molecule has 5 nitrogen and oxygen atoms in total. The Bertz CT molecular complexity index is 599. The van der Waals surface area contributed by atoms with E-state index in [9.17, 15) is 0 Å². The molecule has 21 heavy (non-hydrogen) atoms. The lowest BCUT2D eigenvalue weighted by Crippen LogP contribution is -2.25. The van der Waals surface area contributed by atoms with Gasteiger partial charge in [0.15, 0.2) is 0 Å². The van der Waals surface area contributed by atoms with Crippen LogP contribution >= 0.6 is 12.4 Å². The zero-order chi connectivity index (χ0) is 14.7. The summed E-state index contributed by atoms with van der Waals surface area (Å²) in [5.41, 5.74) is 0.907. The molecule has 0 fully saturated rings. The van der Waals surface area contributed by atoms with Crippen molar-refractivity contribution in [1.82, 2.24) is 9.97 Å². The second-order valence-corrected chi connectivity index (χ2v) is 4.80. The summed E-state index contributed by atoms with van der Waals surface area (Å²) < 4.78 is 5.29. The van der Waals surface area contributed by atoms with E-state index in [4.69, 9.17) is 9.72 Å². The molecule has 0 amide bonds. The van der Waals surface area contributed by atoms with Gasteiger partial charge in [-0.05, 0) is 26.0 Å². The van der Waals surface area contributed by atoms with Crippen LogP contribution < -0.4 is 14.5 Å². The van der Waals surface area contributed by atoms with Crippen LogP contribution in [0.3, 0.4) is 0 Å². The fraction of sp³-hybridized carbons (Fsp3) is 0.467. The smallest absolute Gasteiger partial charge is 0.227 e. The first-order chi connectivity index (χ1) is 9.60. The van der Waals surface area contributed by atoms with Gasteiger partial charge in [0.1, 0.15) is 11.6 Å². The van der Waals surface area contributed by atoms with Gasteiger partial charge in [0.25, 0.3) is 0 Å². The molecule has 0 aliphatic carbocycles. The Morgan fingerprint density at radius 3 is 2.29 bits per heavy atom. The summed E-state index contributed by atoms with van der Waals surface area (Å²) in [5.74, 6) is 2.51. The molecule has 0 aliphatic heterocycles. The second-order valence-electron chi connectivity index (χ2n) is 4.80. The summed E-state index contributed by atoms with van der Waals surface area (Å²) in [6.45, 7) is 5.99. The number of benzene rings is 1. The maximum absolute atomic E-state index is 5.29. The number of aromatic nitrogens is 2. The number of fused-ring (bicyclic) bond motifs is 1. The molecule has 1 aromatic heterocycles. The van der Waals surface area contributed by atoms with Crippen molar-refractivity contribution in [3.05, 3.63) is 18.2 Å². The van der Waals surface area contributed by atoms with Gasteiger partial charge in [-0.2, -0.15) is 4.98 Å². The highest BCUT2D eigenvalue weighted by Gasteiger charge is 2.13. The van der Waals surface area contributed by atoms with Gasteiger partial charge in [0.2, 0.25) is 5.95 Å². The Hall–Kier alpha value is -1.75. The minimum Gasteiger partial charge on any atom is -0.497 e. The summed E-state index contributed by atoms with van der Waals surface area (Å²) in [7, 11) is 5.66. The molecule has 0 N–H and O–H groups in total. The standard InChI is InChI=1S/C15H22N4O.ClH/c1-6-19(7-2)15-16-13-10-11(20-5)8-9-12(13)14(17-15)18(3)4;/h8-10H,6-7H2,1-5H3;1H. The number of anilines is 2. The van der Waals surface area contributed by atoms with Crippen molar-refractivity contribution >= 4 is 35.1 Å². The highest BCUT2D eigenvalue weighted by molar-refractivity contribution is 5.91. The number of ether oxygens (including phenoxy) is 1. The Morgan fingerprint density at radius 2 is 1.76 bits per heavy atom. The Balaban J connectivity index is 0.00000220. The van der Waals surface area contributed by atoms with Crippen LogP contribution in [-0.2, 0) is 0 Å². The molecule has 0 atom stereocenters. The van der Waals surface area contributed by atoms with Crippen LogP contribution in [0.25, 0.3) is 10.9 Å². The summed E-state index contributed by atoms with van der Waals surface area (Å²) in [4.78, 5) is 13.5. The molecule has 0 bridgehead atoms. The molecule has 6 heteroatoms. The third kappa shape index (κ3) is 3.47. The van der Waals surface area contributed by atoms with Crippen molar-refractivity contribution in [2.75, 3.05) is 44.1 Å². The number of hydrogen-bond donors (Lipinski definition) is 0. The molecular formula is C15H23ClN4O. The highest BCUT2D eigenvalue weighted by Crippen LogP contribution is 2.28. The van der Waals surface area contributed by atoms with Crippen LogP contribution in [0.2, 0.25) is 0 Å². The topological polar surface area (TPSA) is 41.5 Å². The molecule has 116 valence electrons. The van der Waals surface area contributed by atoms with Crippen molar-refractivity contribution in [3.63, 3.8) is 0 Å². The maximum Gasteiger partial charge on any atom is 0.227 e. The van der Waals surface area contributed by atoms with E-state index < -0.39 is 0 Å². The molecule has 1 heterocycles. The largest absolute Gasteiger partial charge is 0.497 e. The van der Waals surface area contributed by atoms with Gasteiger partial charge in [-0.25, -0.2) is 4.98 Å². The number of rotatable bonds is 5. The molecular weight excluding hydrogens is 288 g/mol. The second kappa shape index (κ2) is 7.31. The minimum absolute atomic E-state index is 0. The van der Waals surface area contributed by atoms with Crippen LogP contribution in [0.15, 0.2) is 18.2 Å². The fourth-order valence-electron chi connectivity index (χ4n) is 2.20. The van der Waals surface area contributed by atoms with E-state index in [1.165, 1.54) is 0 Å². The monoisotopic (exact) mass is 310 g/mol. The number of methoxy groups -OCH3 is 1. The van der Waals surface area contributed by atoms with Crippen molar-refractivity contribution in [2.45, 2.75) is 13.8 Å². The van der Waals surface area contributed by atoms with Crippen molar-refractivity contribution in [2.24, 2.45) is 0 Å². The van der Waals surface area contributed by atoms with Gasteiger partial charge in [0, 0.05) is 38.6 Å². The van der Waals surface area contributed by atoms with E-state index in [2.05, 4.69) is 23.7 Å². The molecule has 2 rings (SSSR count). The minimum atomic E-state index is 0. The first kappa shape index (κ1) is 17.3. The number of halogens is 1. The lowest BCUT2D eigenvalue weighted by Gasteiger charge is -2.22. The van der Waals surface area contributed by atoms with Crippen LogP contribution in [0, 0.1) is 0 Å². The van der Waals surface area contributed by atoms with E-state index in [0.29, 0.717) is 0 Å². The summed E-state index contributed by atoms with van der Waals surface area (Å²) in [6, 6.07) is 5.91. The molecule has 0 spiro atoms. The highest BCUT2D eigenvalue weighted by atomic mass is 35.5. The van der Waals surface area contributed by atoms with Crippen LogP contribution in [0.1, 0.15) is 13.8 Å². The molecule has 0 radical (unpaired) electrons. The Kier molecular flexibility index (Phi) is 6.03. The predicted molar refractivity (Wildman–Crippen MR) is 91.2 cm³/mol. The molecule has 0 unspecified atom stereocenters. The molecule has 0 saturated heterocycles. The third-order valence-electron chi connectivity index (χ3n) is 3.34. The first-order valence-corrected chi connectivity index (χ1v) is 6.88. The van der Waals surface area contributed by atoms with Gasteiger partial charge >= 0.3 is 0 Å². The van der Waals surface area contributed by atoms with Crippen LogP contribution in [-0.4, -0.2) is 44.3 Å². The first-order valence-electron chi connectivity index (χ1n) is 6.88. The van der Waals surface area contributed by atoms with E-state index in [1.807, 2.05) is 37.2 Å². The molecule has 1 aromatic carbocycles. The quantitative estimate of drug-likeness (QED) is 0.849. The number of nitrogens with zero attached hydrogens (tertiary/aromatic N) is 4. The van der Waals surface area contributed by atoms with E-state index in [0.717, 1.165) is 41.5 Å². The average molecular weight is 311 g/mol. The van der Waals surface area contributed by atoms with Gasteiger partial charge in [0.05, 0.1) is 12.6 Å². The normalized spacial score (nSPS) is 10.1. The van der Waals surface area contributed by atoms with E-state index in [1.54, 1.807) is 7.11 Å². The summed E-state index contributed by atoms with van der Waals surface area (Å²) in [5, 5.41) is 1.03. The Morgan fingerprint density at radius 1 is 1.10 bits per heavy atom. The van der Waals surface area contributed by atoms with E-state index >= 15 is 0 Å². The van der Waals surface area contributed by atoms with Gasteiger partial charge in [-0.1, -0.05) is 0 Å². The van der Waals surface area contributed by atoms with Crippen LogP contribution in [0.4, 0.5) is 11.8 Å². The van der Waals surface area contributed by atoms with Crippen LogP contribution in [0.5, 0.6) is 5.75 Å². The van der Waals surface area contributed by atoms with Gasteiger partial charge in [-0.3, -0.25) is 0 Å². The fourth-order valence-corrected chi connectivity index (χ4v) is 2.20. The predicted octanol–water partition coefficient (Wildman–Crippen LogP) is 2.97. The van der Waals surface area contributed by atoms with Gasteiger partial charge in [-0.15, -0.1) is 12.4 Å².